The van der Waals surface area contributed by atoms with Gasteiger partial charge in [-0.2, -0.15) is 0 Å². The second kappa shape index (κ2) is 6.35. The molecule has 2 N–H and O–H groups in total. The van der Waals surface area contributed by atoms with Gasteiger partial charge < -0.3 is 15.0 Å². The number of hydrogen-bond acceptors (Lipinski definition) is 3. The fourth-order valence-corrected chi connectivity index (χ4v) is 3.22. The predicted octanol–water partition coefficient (Wildman–Crippen LogP) is 3.07. The van der Waals surface area contributed by atoms with Gasteiger partial charge in [-0.05, 0) is 23.8 Å². The van der Waals surface area contributed by atoms with Gasteiger partial charge in [0.05, 0.1) is 12.1 Å². The lowest BCUT2D eigenvalue weighted by molar-refractivity contribution is -0.118. The number of amides is 1. The van der Waals surface area contributed by atoms with Crippen LogP contribution in [0.4, 0.5) is 5.82 Å². The summed E-state index contributed by atoms with van der Waals surface area (Å²) in [5.74, 6) is 0.388. The molecule has 1 unspecified atom stereocenters. The number of aliphatic imine (C=N–C) groups is 1. The summed E-state index contributed by atoms with van der Waals surface area (Å²) in [5.41, 5.74) is 2.94. The van der Waals surface area contributed by atoms with Crippen molar-refractivity contribution in [1.29, 1.82) is 0 Å². The average Bonchev–Trinajstić information content (AvgIpc) is 2.80. The highest BCUT2D eigenvalue weighted by atomic mass is 35.5. The number of para-hydroxylation sites is 1. The van der Waals surface area contributed by atoms with E-state index in [9.17, 15) is 9.90 Å². The molecule has 0 bridgehead atoms. The number of benzene rings is 2. The first-order chi connectivity index (χ1) is 12.2. The Hall–Kier alpha value is -2.63. The maximum Gasteiger partial charge on any atom is 0.252 e. The van der Waals surface area contributed by atoms with Crippen molar-refractivity contribution >= 4 is 40.4 Å². The summed E-state index contributed by atoms with van der Waals surface area (Å²) in [6.07, 6.45) is 1.68. The van der Waals surface area contributed by atoms with Crippen molar-refractivity contribution in [2.24, 2.45) is 4.99 Å². The monoisotopic (exact) mass is 353 g/mol. The van der Waals surface area contributed by atoms with Crippen molar-refractivity contribution in [3.63, 3.8) is 0 Å². The number of hydrogen-bond donors (Lipinski definition) is 2. The van der Waals surface area contributed by atoms with Crippen LogP contribution < -0.4 is 5.32 Å². The summed E-state index contributed by atoms with van der Waals surface area (Å²) in [7, 11) is 0. The first-order valence-electron chi connectivity index (χ1n) is 7.98. The molecule has 6 heteroatoms. The van der Waals surface area contributed by atoms with E-state index in [-0.39, 0.29) is 12.5 Å². The van der Waals surface area contributed by atoms with Gasteiger partial charge >= 0.3 is 0 Å². The van der Waals surface area contributed by atoms with Crippen LogP contribution in [0.15, 0.2) is 53.5 Å². The smallest absolute Gasteiger partial charge is 0.252 e. The van der Waals surface area contributed by atoms with Gasteiger partial charge in [0.2, 0.25) is 0 Å². The highest BCUT2D eigenvalue weighted by Crippen LogP contribution is 2.31. The maximum absolute atomic E-state index is 12.3. The number of aliphatic hydroxyl groups is 1. The fraction of sp³-hybridized carbons (Fsp3) is 0.158. The molecule has 0 fully saturated rings. The Morgan fingerprint density at radius 3 is 2.68 bits per heavy atom. The number of rotatable bonds is 3. The summed E-state index contributed by atoms with van der Waals surface area (Å²) in [6.45, 7) is 0.270. The van der Waals surface area contributed by atoms with Gasteiger partial charge in [0.15, 0.2) is 6.04 Å². The van der Waals surface area contributed by atoms with Crippen molar-refractivity contribution in [3.8, 4) is 0 Å². The zero-order chi connectivity index (χ0) is 17.4. The summed E-state index contributed by atoms with van der Waals surface area (Å²) in [6, 6.07) is 14.8. The van der Waals surface area contributed by atoms with Crippen LogP contribution in [0.3, 0.4) is 0 Å². The van der Waals surface area contributed by atoms with Gasteiger partial charge in [0.1, 0.15) is 5.82 Å². The second-order valence-corrected chi connectivity index (χ2v) is 6.39. The van der Waals surface area contributed by atoms with Crippen molar-refractivity contribution in [3.05, 3.63) is 64.7 Å². The molecule has 1 amide bonds. The second-order valence-electron chi connectivity index (χ2n) is 5.96. The SMILES string of the molecule is O=C1Nc2c(c3ccccc3n2Cc2ccc(Cl)cc2)C=NC1CO. The Morgan fingerprint density at radius 1 is 1.16 bits per heavy atom. The van der Waals surface area contributed by atoms with Crippen molar-refractivity contribution in [2.75, 3.05) is 11.9 Å². The molecule has 0 saturated carbocycles. The molecule has 0 saturated heterocycles. The topological polar surface area (TPSA) is 66.6 Å². The maximum atomic E-state index is 12.3. The van der Waals surface area contributed by atoms with Gasteiger partial charge in [0.25, 0.3) is 5.91 Å². The van der Waals surface area contributed by atoms with Crippen LogP contribution in [0.25, 0.3) is 10.9 Å². The molecule has 4 rings (SSSR count). The van der Waals surface area contributed by atoms with Crippen LogP contribution in [-0.4, -0.2) is 34.4 Å². The molecule has 1 aliphatic heterocycles. The number of carbonyl (C=O) groups excluding carboxylic acids is 1. The summed E-state index contributed by atoms with van der Waals surface area (Å²) in [5, 5.41) is 14.0. The minimum Gasteiger partial charge on any atom is -0.394 e. The van der Waals surface area contributed by atoms with Gasteiger partial charge in [-0.3, -0.25) is 9.79 Å². The van der Waals surface area contributed by atoms with E-state index >= 15 is 0 Å². The molecule has 2 aromatic carbocycles. The molecule has 0 radical (unpaired) electrons. The van der Waals surface area contributed by atoms with E-state index in [0.29, 0.717) is 17.4 Å². The van der Waals surface area contributed by atoms with Crippen LogP contribution in [-0.2, 0) is 11.3 Å². The minimum absolute atomic E-state index is 0.308. The van der Waals surface area contributed by atoms with E-state index in [1.165, 1.54) is 0 Å². The normalized spacial score (nSPS) is 16.6. The third-order valence-corrected chi connectivity index (χ3v) is 4.62. The molecule has 1 atom stereocenters. The fourth-order valence-electron chi connectivity index (χ4n) is 3.09. The van der Waals surface area contributed by atoms with Gasteiger partial charge in [-0.25, -0.2) is 0 Å². The molecule has 5 nitrogen and oxygen atoms in total. The van der Waals surface area contributed by atoms with Crippen molar-refractivity contribution in [2.45, 2.75) is 12.6 Å². The summed E-state index contributed by atoms with van der Waals surface area (Å²) in [4.78, 5) is 16.5. The predicted molar refractivity (Wildman–Crippen MR) is 99.6 cm³/mol. The number of aromatic nitrogens is 1. The average molecular weight is 354 g/mol. The molecular formula is C19H16ClN3O2. The quantitative estimate of drug-likeness (QED) is 0.760. The number of nitrogens with one attached hydrogen (secondary N) is 1. The van der Waals surface area contributed by atoms with Crippen LogP contribution >= 0.6 is 11.6 Å². The van der Waals surface area contributed by atoms with Crippen LogP contribution in [0, 0.1) is 0 Å². The molecule has 25 heavy (non-hydrogen) atoms. The first-order valence-corrected chi connectivity index (χ1v) is 8.36. The molecular weight excluding hydrogens is 338 g/mol. The van der Waals surface area contributed by atoms with E-state index in [4.69, 9.17) is 11.6 Å². The van der Waals surface area contributed by atoms with E-state index in [1.54, 1.807) is 6.21 Å². The van der Waals surface area contributed by atoms with Crippen LogP contribution in [0.5, 0.6) is 0 Å². The Bertz CT molecular complexity index is 976. The highest BCUT2D eigenvalue weighted by Gasteiger charge is 2.25. The largest absolute Gasteiger partial charge is 0.394 e. The molecule has 3 aromatic rings. The zero-order valence-electron chi connectivity index (χ0n) is 13.3. The molecule has 0 aliphatic carbocycles. The van der Waals surface area contributed by atoms with Crippen LogP contribution in [0.2, 0.25) is 5.02 Å². The van der Waals surface area contributed by atoms with Gasteiger partial charge in [-0.1, -0.05) is 41.9 Å². The van der Waals surface area contributed by atoms with Gasteiger partial charge in [-0.15, -0.1) is 0 Å². The van der Waals surface area contributed by atoms with E-state index in [0.717, 1.165) is 22.0 Å². The molecule has 0 spiro atoms. The Labute approximate surface area is 149 Å². The molecule has 1 aliphatic rings. The minimum atomic E-state index is -0.782. The molecule has 1 aromatic heterocycles. The van der Waals surface area contributed by atoms with E-state index in [1.807, 2.05) is 48.5 Å². The summed E-state index contributed by atoms with van der Waals surface area (Å²) < 4.78 is 2.05. The Balaban J connectivity index is 1.87. The number of fused-ring (bicyclic) bond motifs is 3. The standard InChI is InChI=1S/C19H16ClN3O2/c20-13-7-5-12(6-8-13)10-23-17-4-2-1-3-14(17)15-9-21-16(11-24)19(25)22-18(15)23/h1-9,16,24H,10-11H2,(H,22,25). The lowest BCUT2D eigenvalue weighted by Gasteiger charge is -2.13. The number of anilines is 1. The lowest BCUT2D eigenvalue weighted by Crippen LogP contribution is -2.29. The van der Waals surface area contributed by atoms with Gasteiger partial charge in [0, 0.05) is 28.7 Å². The molecule has 126 valence electrons. The highest BCUT2D eigenvalue weighted by molar-refractivity contribution is 6.30. The number of nitrogens with zero attached hydrogens (tertiary/aromatic N) is 2. The van der Waals surface area contributed by atoms with Crippen molar-refractivity contribution < 1.29 is 9.90 Å². The van der Waals surface area contributed by atoms with E-state index in [2.05, 4.69) is 14.9 Å². The molecule has 2 heterocycles. The third-order valence-electron chi connectivity index (χ3n) is 4.36. The zero-order valence-corrected chi connectivity index (χ0v) is 14.1. The van der Waals surface area contributed by atoms with Crippen molar-refractivity contribution in [1.82, 2.24) is 4.57 Å². The number of aliphatic hydroxyl groups excluding tert-OH is 1. The summed E-state index contributed by atoms with van der Waals surface area (Å²) >= 11 is 5.97. The first kappa shape index (κ1) is 15.9. The number of halogens is 1. The van der Waals surface area contributed by atoms with Crippen LogP contribution in [0.1, 0.15) is 11.1 Å². The number of carbonyl (C=O) groups is 1. The lowest BCUT2D eigenvalue weighted by atomic mass is 10.2. The Kier molecular flexibility index (Phi) is 4.03. The third kappa shape index (κ3) is 2.81. The van der Waals surface area contributed by atoms with E-state index < -0.39 is 6.04 Å². The Morgan fingerprint density at radius 2 is 1.92 bits per heavy atom.